The number of nitrogens with zero attached hydrogens (tertiary/aromatic N) is 10. The normalized spacial score (nSPS) is 22.1. The summed E-state index contributed by atoms with van der Waals surface area (Å²) < 4.78 is 40.1. The van der Waals surface area contributed by atoms with E-state index in [2.05, 4.69) is 275 Å². The lowest BCUT2D eigenvalue weighted by Gasteiger charge is -2.31. The highest BCUT2D eigenvalue weighted by Crippen LogP contribution is 2.40. The zero-order chi connectivity index (χ0) is 107. The Morgan fingerprint density at radius 3 is 0.945 bits per heavy atom. The van der Waals surface area contributed by atoms with E-state index in [9.17, 15) is 19.2 Å². The molecule has 0 aliphatic carbocycles. The average Bonchev–Trinajstić information content (AvgIpc) is 1.75. The Balaban J connectivity index is 0.000000197. The van der Waals surface area contributed by atoms with Crippen LogP contribution >= 0.6 is 109 Å². The number of thiocarbonyl (C=S) groups is 6. The van der Waals surface area contributed by atoms with Gasteiger partial charge in [0.05, 0.1) is 48.3 Å². The minimum absolute atomic E-state index is 0.0682. The second kappa shape index (κ2) is 60.3. The van der Waals surface area contributed by atoms with Crippen molar-refractivity contribution in [1.82, 2.24) is 49.0 Å². The molecule has 0 radical (unpaired) electrons. The van der Waals surface area contributed by atoms with Gasteiger partial charge in [0.1, 0.15) is 58.7 Å². The third-order valence-electron chi connectivity index (χ3n) is 26.4. The van der Waals surface area contributed by atoms with Crippen molar-refractivity contribution in [3.8, 4) is 0 Å². The number of cyclic esters (lactones) is 4. The van der Waals surface area contributed by atoms with E-state index in [4.69, 9.17) is 106 Å². The van der Waals surface area contributed by atoms with Crippen LogP contribution < -0.4 is 0 Å². The van der Waals surface area contributed by atoms with Gasteiger partial charge in [0.25, 0.3) is 15.5 Å². The molecule has 7 aromatic carbocycles. The molecule has 10 heterocycles. The standard InChI is InChI=1S/2C13H17NO2.C13H17NOS.C13H17NS2.C12H15NO2.C12H15NOS.C12H15NS2.C9H17NO2.C9H17NOS.C9H17NS2/c1-9(2)14-10(3)12(16-13(14)15)11-7-5-4-6-8-11;1-10(2)14-12(9-16-13(14)15)8-11-6-4-3-5-7-11;1-10(2)14-12(9-15-13(14)16)8-11-6-4-3-5-7-11;1-10(2)14-12(9-16-13(14)15)8-11-6-4-3-5-7-11;1-9(2)13-11(8-15-12(13)14)10-6-4-3-5-7-10;1-9(2)13-11(8-14-12(13)15)10-6-4-3-5-7-10;1-9(2)13-11(8-15-12(13)14)10-6-4-3-5-7-10;1-6(2)8-5-12-9(11)10(8)7(3)4;1-6(2)8-5-11-9(12)10(8)7(3)4;1-6(2)8-5-12-9(11)10(8)7(3)4/h4-10,12H,1-3H3;3*3-7,10,12H,8-9H2,1-2H3;3*3-7,9,11H,8H2,1-2H3;3*6-8H,5H2,1-4H3/t10-,12-;3*12-;3*11-;8-;;8-/m00001111.1/s1. The number of carbonyl (C=O) groups excluding carboxylic acids is 4. The van der Waals surface area contributed by atoms with Gasteiger partial charge >= 0.3 is 24.4 Å². The first-order valence-corrected chi connectivity index (χ1v) is 57.1. The molecule has 4 amide bonds. The van der Waals surface area contributed by atoms with Gasteiger partial charge in [-0.2, -0.15) is 0 Å². The van der Waals surface area contributed by atoms with E-state index >= 15 is 0 Å². The molecule has 0 N–H and O–H groups in total. The molecular formula is C115H164N10O11S9. The molecule has 10 saturated heterocycles. The predicted octanol–water partition coefficient (Wildman–Crippen LogP) is 26.9. The summed E-state index contributed by atoms with van der Waals surface area (Å²) in [5.41, 5.74) is 8.83. The summed E-state index contributed by atoms with van der Waals surface area (Å²) in [5.74, 6) is 5.17. The van der Waals surface area contributed by atoms with Gasteiger partial charge in [-0.15, -0.1) is 0 Å². The van der Waals surface area contributed by atoms with Crippen LogP contribution in [0.3, 0.4) is 0 Å². The van der Waals surface area contributed by atoms with Crippen molar-refractivity contribution in [1.29, 1.82) is 0 Å². The number of hydrogen-bond acceptors (Lipinski definition) is 20. The van der Waals surface area contributed by atoms with E-state index in [0.717, 1.165) is 61.5 Å². The number of ether oxygens (including phenoxy) is 7. The van der Waals surface area contributed by atoms with Gasteiger partial charge in [-0.25, -0.2) is 19.2 Å². The van der Waals surface area contributed by atoms with E-state index in [0.29, 0.717) is 133 Å². The molecule has 10 aliphatic rings. The maximum Gasteiger partial charge on any atom is 0.411 e. The van der Waals surface area contributed by atoms with Gasteiger partial charge in [-0.05, 0) is 258 Å². The topological polar surface area (TPSA) is 165 Å². The number of carbonyl (C=O) groups is 4. The highest BCUT2D eigenvalue weighted by Gasteiger charge is 2.44. The number of hydrogen-bond donors (Lipinski definition) is 0. The fourth-order valence-electron chi connectivity index (χ4n) is 19.2. The molecule has 794 valence electrons. The van der Waals surface area contributed by atoms with E-state index < -0.39 is 0 Å². The molecule has 0 bridgehead atoms. The van der Waals surface area contributed by atoms with Crippen LogP contribution in [0.5, 0.6) is 0 Å². The second-order valence-electron chi connectivity index (χ2n) is 41.4. The highest BCUT2D eigenvalue weighted by atomic mass is 32.2. The minimum atomic E-state index is -0.212. The summed E-state index contributed by atoms with van der Waals surface area (Å²) in [7, 11) is 0. The Kier molecular flexibility index (Phi) is 50.6. The molecule has 11 atom stereocenters. The summed E-state index contributed by atoms with van der Waals surface area (Å²) in [6.45, 7) is 61.1. The molecule has 0 saturated carbocycles. The van der Waals surface area contributed by atoms with Gasteiger partial charge in [0.15, 0.2) is 0 Å². The first kappa shape index (κ1) is 122. The van der Waals surface area contributed by atoms with Gasteiger partial charge in [0, 0.05) is 89.8 Å². The maximum atomic E-state index is 11.7. The Bertz CT molecular complexity index is 4670. The molecule has 7 aromatic rings. The summed E-state index contributed by atoms with van der Waals surface area (Å²) in [5, 5.41) is 1.94. The van der Waals surface area contributed by atoms with E-state index in [-0.39, 0.29) is 84.9 Å². The lowest BCUT2D eigenvalue weighted by atomic mass is 10.0. The van der Waals surface area contributed by atoms with Crippen molar-refractivity contribution in [3.63, 3.8) is 0 Å². The molecule has 10 fully saturated rings. The van der Waals surface area contributed by atoms with Crippen LogP contribution in [0.2, 0.25) is 0 Å². The third-order valence-corrected chi connectivity index (χ3v) is 32.0. The molecule has 30 heteroatoms. The highest BCUT2D eigenvalue weighted by molar-refractivity contribution is 8.24. The second-order valence-corrected chi connectivity index (χ2v) is 47.4. The summed E-state index contributed by atoms with van der Waals surface area (Å²) in [6.07, 6.45) is 2.06. The average molecular weight is 2150 g/mol. The zero-order valence-corrected chi connectivity index (χ0v) is 98.0. The lowest BCUT2D eigenvalue weighted by molar-refractivity contribution is 0.128. The molecule has 145 heavy (non-hydrogen) atoms. The molecule has 0 spiro atoms. The summed E-state index contributed by atoms with van der Waals surface area (Å²) in [6, 6.07) is 79.3. The van der Waals surface area contributed by atoms with Crippen LogP contribution in [-0.4, -0.2) is 261 Å². The minimum Gasteiger partial charge on any atom is -0.469 e. The molecule has 17 rings (SSSR count). The molecular weight excluding hydrogens is 1990 g/mol. The van der Waals surface area contributed by atoms with Gasteiger partial charge in [-0.1, -0.05) is 326 Å². The van der Waals surface area contributed by atoms with Crippen LogP contribution in [0, 0.1) is 17.8 Å². The molecule has 10 aliphatic heterocycles. The van der Waals surface area contributed by atoms with Crippen molar-refractivity contribution >= 4 is 161 Å². The van der Waals surface area contributed by atoms with E-state index in [1.54, 1.807) is 21.6 Å². The summed E-state index contributed by atoms with van der Waals surface area (Å²) in [4.78, 5) is 66.9. The van der Waals surface area contributed by atoms with E-state index in [1.807, 2.05) is 187 Å². The molecule has 1 unspecified atom stereocenters. The number of benzene rings is 7. The van der Waals surface area contributed by atoms with Crippen LogP contribution in [0.1, 0.15) is 250 Å². The largest absolute Gasteiger partial charge is 0.469 e. The maximum absolute atomic E-state index is 11.7. The van der Waals surface area contributed by atoms with Crippen molar-refractivity contribution in [2.75, 3.05) is 56.9 Å². The van der Waals surface area contributed by atoms with Gasteiger partial charge in [-0.3, -0.25) is 19.6 Å². The Hall–Kier alpha value is -8.59. The van der Waals surface area contributed by atoms with Crippen LogP contribution in [0.25, 0.3) is 0 Å². The Morgan fingerprint density at radius 2 is 0.545 bits per heavy atom. The van der Waals surface area contributed by atoms with Crippen molar-refractivity contribution < 1.29 is 52.3 Å². The zero-order valence-electron chi connectivity index (χ0n) is 90.7. The number of amides is 4. The van der Waals surface area contributed by atoms with Crippen LogP contribution in [0.4, 0.5) is 19.2 Å². The SMILES string of the molecule is CC(C)C1COC(=S)N1C(C)C.CC(C)N1C(=O)OC[C@@H]1Cc1ccccc1.CC(C)N1C(=O)OC[C@@H]1c1ccccc1.CC(C)N1C(=O)O[C@H](c2ccccc2)[C@@H]1C.CC(C)N1C(=S)OC[C@@H]1Cc1ccccc1.CC(C)N1C(=S)OC[C@@H]1c1ccccc1.CC(C)N1C(=S)SC[C@@H]1Cc1ccccc1.CC(C)N1C(=S)SC[C@@H]1c1ccccc1.CC(C)[C@H]1COC(=O)N1C(C)C.CC(C)[C@H]1CSC(=S)N1C(C)C. The number of rotatable bonds is 23. The third kappa shape index (κ3) is 35.5. The monoisotopic (exact) mass is 2150 g/mol. The van der Waals surface area contributed by atoms with Crippen molar-refractivity contribution in [3.05, 3.63) is 251 Å². The van der Waals surface area contributed by atoms with Crippen molar-refractivity contribution in [2.45, 2.75) is 333 Å². The van der Waals surface area contributed by atoms with Crippen LogP contribution in [-0.2, 0) is 52.4 Å². The van der Waals surface area contributed by atoms with Crippen molar-refractivity contribution in [2.24, 2.45) is 17.8 Å². The van der Waals surface area contributed by atoms with E-state index in [1.165, 1.54) is 33.6 Å². The first-order chi connectivity index (χ1) is 68.9. The fraction of sp³-hybridized carbons (Fsp3) is 0.548. The van der Waals surface area contributed by atoms with Gasteiger partial charge in [0.2, 0.25) is 0 Å². The number of thioether (sulfide) groups is 3. The quantitative estimate of drug-likeness (QED) is 0.0438. The fourth-order valence-corrected chi connectivity index (χ4v) is 25.7. The summed E-state index contributed by atoms with van der Waals surface area (Å²) >= 11 is 37.1. The van der Waals surface area contributed by atoms with Crippen LogP contribution in [0.15, 0.2) is 212 Å². The predicted molar refractivity (Wildman–Crippen MR) is 625 cm³/mol. The van der Waals surface area contributed by atoms with Gasteiger partial charge < -0.3 is 62.6 Å². The Labute approximate surface area is 914 Å². The molecule has 0 aromatic heterocycles. The smallest absolute Gasteiger partial charge is 0.411 e. The lowest BCUT2D eigenvalue weighted by Crippen LogP contribution is -2.41. The Morgan fingerprint density at radius 1 is 0.255 bits per heavy atom. The first-order valence-electron chi connectivity index (χ1n) is 51.7. The molecule has 21 nitrogen and oxygen atoms in total.